The maximum absolute atomic E-state index is 12.9. The minimum atomic E-state index is -0.314. The molecule has 1 aliphatic rings. The number of nitrogens with one attached hydrogen (secondary N) is 3. The predicted octanol–water partition coefficient (Wildman–Crippen LogP) is 2.77. The van der Waals surface area contributed by atoms with Crippen LogP contribution in [0.3, 0.4) is 0 Å². The number of aromatic nitrogens is 2. The molecule has 134 valence electrons. The first kappa shape index (κ1) is 17.4. The van der Waals surface area contributed by atoms with E-state index in [-0.39, 0.29) is 17.9 Å². The Balaban J connectivity index is 1.33. The van der Waals surface area contributed by atoms with E-state index in [9.17, 15) is 9.18 Å². The number of benzene rings is 1. The number of likely N-dealkylation sites (tertiary alicyclic amines) is 1. The summed E-state index contributed by atoms with van der Waals surface area (Å²) in [6, 6.07) is 5.72. The normalized spacial score (nSPS) is 15.9. The number of hydrogen-bond acceptors (Lipinski definition) is 3. The van der Waals surface area contributed by atoms with E-state index in [1.807, 2.05) is 12.4 Å². The highest BCUT2D eigenvalue weighted by molar-refractivity contribution is 5.89. The van der Waals surface area contributed by atoms with Gasteiger partial charge in [0.25, 0.3) is 0 Å². The number of carbonyl (C=O) groups is 1. The first-order valence-electron chi connectivity index (χ1n) is 8.72. The van der Waals surface area contributed by atoms with Crippen molar-refractivity contribution in [3.05, 3.63) is 48.0 Å². The second-order valence-electron chi connectivity index (χ2n) is 6.43. The lowest BCUT2D eigenvalue weighted by Crippen LogP contribution is -2.46. The molecule has 1 aromatic heterocycles. The summed E-state index contributed by atoms with van der Waals surface area (Å²) >= 11 is 0. The number of anilines is 1. The number of carbonyl (C=O) groups excluding carboxylic acids is 1. The van der Waals surface area contributed by atoms with Gasteiger partial charge in [0, 0.05) is 31.0 Å². The Labute approximate surface area is 146 Å². The number of halogens is 1. The molecule has 0 spiro atoms. The van der Waals surface area contributed by atoms with Crippen molar-refractivity contribution in [2.45, 2.75) is 31.7 Å². The molecule has 2 amide bonds. The molecule has 1 aromatic carbocycles. The van der Waals surface area contributed by atoms with Crippen LogP contribution in [-0.4, -0.2) is 46.8 Å². The quantitative estimate of drug-likeness (QED) is 0.754. The van der Waals surface area contributed by atoms with Gasteiger partial charge in [-0.05, 0) is 62.1 Å². The molecule has 0 radical (unpaired) electrons. The molecular formula is C18H24FN5O. The Morgan fingerprint density at radius 3 is 2.72 bits per heavy atom. The number of piperidine rings is 1. The van der Waals surface area contributed by atoms with E-state index in [1.54, 1.807) is 12.1 Å². The van der Waals surface area contributed by atoms with Crippen LogP contribution >= 0.6 is 0 Å². The van der Waals surface area contributed by atoms with Crippen molar-refractivity contribution < 1.29 is 9.18 Å². The van der Waals surface area contributed by atoms with Crippen molar-refractivity contribution in [1.29, 1.82) is 0 Å². The Morgan fingerprint density at radius 2 is 2.04 bits per heavy atom. The summed E-state index contributed by atoms with van der Waals surface area (Å²) in [4.78, 5) is 14.5. The van der Waals surface area contributed by atoms with E-state index in [4.69, 9.17) is 0 Å². The average molecular weight is 345 g/mol. The first-order chi connectivity index (χ1) is 12.2. The molecule has 25 heavy (non-hydrogen) atoms. The molecule has 1 aliphatic heterocycles. The highest BCUT2D eigenvalue weighted by Crippen LogP contribution is 2.13. The van der Waals surface area contributed by atoms with Gasteiger partial charge >= 0.3 is 6.03 Å². The topological polar surface area (TPSA) is 73.1 Å². The van der Waals surface area contributed by atoms with Crippen LogP contribution in [0.2, 0.25) is 0 Å². The number of aryl methyl sites for hydroxylation is 1. The summed E-state index contributed by atoms with van der Waals surface area (Å²) in [5.41, 5.74) is 1.84. The summed E-state index contributed by atoms with van der Waals surface area (Å²) in [5.74, 6) is -0.314. The highest BCUT2D eigenvalue weighted by Gasteiger charge is 2.20. The van der Waals surface area contributed by atoms with Crippen molar-refractivity contribution in [3.8, 4) is 0 Å². The van der Waals surface area contributed by atoms with E-state index >= 15 is 0 Å². The van der Waals surface area contributed by atoms with E-state index < -0.39 is 0 Å². The standard InChI is InChI=1S/C18H24FN5O/c19-15-3-5-16(6-4-15)22-18(25)23-17-7-10-24(11-8-17)9-1-2-14-12-20-21-13-14/h3-6,12-13,17H,1-2,7-11H2,(H,20,21)(H2,22,23,25). The number of hydrogen-bond donors (Lipinski definition) is 3. The Kier molecular flexibility index (Phi) is 6.00. The van der Waals surface area contributed by atoms with Crippen molar-refractivity contribution in [3.63, 3.8) is 0 Å². The molecule has 3 N–H and O–H groups in total. The van der Waals surface area contributed by atoms with Crippen LogP contribution < -0.4 is 10.6 Å². The maximum atomic E-state index is 12.9. The molecule has 2 aromatic rings. The Bertz CT molecular complexity index is 651. The molecule has 0 saturated carbocycles. The van der Waals surface area contributed by atoms with Gasteiger partial charge in [0.2, 0.25) is 0 Å². The number of nitrogens with zero attached hydrogens (tertiary/aromatic N) is 2. The monoisotopic (exact) mass is 345 g/mol. The molecular weight excluding hydrogens is 321 g/mol. The van der Waals surface area contributed by atoms with Gasteiger partial charge in [0.1, 0.15) is 5.82 Å². The highest BCUT2D eigenvalue weighted by atomic mass is 19.1. The van der Waals surface area contributed by atoms with Gasteiger partial charge in [-0.3, -0.25) is 5.10 Å². The van der Waals surface area contributed by atoms with Gasteiger partial charge in [0.15, 0.2) is 0 Å². The summed E-state index contributed by atoms with van der Waals surface area (Å²) in [6.07, 6.45) is 7.86. The molecule has 3 rings (SSSR count). The van der Waals surface area contributed by atoms with Crippen LogP contribution in [-0.2, 0) is 6.42 Å². The van der Waals surface area contributed by atoms with E-state index in [0.29, 0.717) is 5.69 Å². The summed E-state index contributed by atoms with van der Waals surface area (Å²) in [7, 11) is 0. The van der Waals surface area contributed by atoms with Crippen molar-refractivity contribution in [2.24, 2.45) is 0 Å². The zero-order valence-corrected chi connectivity index (χ0v) is 14.2. The number of aromatic amines is 1. The van der Waals surface area contributed by atoms with Gasteiger partial charge in [0.05, 0.1) is 6.20 Å². The molecule has 7 heteroatoms. The number of H-pyrrole nitrogens is 1. The minimum Gasteiger partial charge on any atom is -0.335 e. The summed E-state index contributed by atoms with van der Waals surface area (Å²) < 4.78 is 12.9. The average Bonchev–Trinajstić information content (AvgIpc) is 3.12. The Hall–Kier alpha value is -2.41. The second kappa shape index (κ2) is 8.62. The van der Waals surface area contributed by atoms with E-state index in [0.717, 1.165) is 45.3 Å². The summed E-state index contributed by atoms with van der Waals surface area (Å²) in [5, 5.41) is 12.5. The number of urea groups is 1. The fourth-order valence-corrected chi connectivity index (χ4v) is 3.11. The van der Waals surface area contributed by atoms with E-state index in [1.165, 1.54) is 17.7 Å². The molecule has 1 fully saturated rings. The lowest BCUT2D eigenvalue weighted by Gasteiger charge is -2.32. The third kappa shape index (κ3) is 5.56. The smallest absolute Gasteiger partial charge is 0.319 e. The summed E-state index contributed by atoms with van der Waals surface area (Å²) in [6.45, 7) is 3.05. The third-order valence-corrected chi connectivity index (χ3v) is 4.52. The van der Waals surface area contributed by atoms with Crippen LogP contribution in [0.25, 0.3) is 0 Å². The zero-order chi connectivity index (χ0) is 17.5. The maximum Gasteiger partial charge on any atom is 0.319 e. The fourth-order valence-electron chi connectivity index (χ4n) is 3.11. The third-order valence-electron chi connectivity index (χ3n) is 4.52. The van der Waals surface area contributed by atoms with Crippen molar-refractivity contribution in [1.82, 2.24) is 20.4 Å². The van der Waals surface area contributed by atoms with Gasteiger partial charge in [-0.15, -0.1) is 0 Å². The minimum absolute atomic E-state index is 0.186. The van der Waals surface area contributed by atoms with Gasteiger partial charge in [-0.25, -0.2) is 9.18 Å². The SMILES string of the molecule is O=C(Nc1ccc(F)cc1)NC1CCN(CCCc2cn[nH]c2)CC1. The van der Waals surface area contributed by atoms with Crippen LogP contribution in [0.15, 0.2) is 36.7 Å². The van der Waals surface area contributed by atoms with Gasteiger partial charge in [-0.2, -0.15) is 5.10 Å². The fraction of sp³-hybridized carbons (Fsp3) is 0.444. The van der Waals surface area contributed by atoms with Crippen LogP contribution in [0, 0.1) is 5.82 Å². The first-order valence-corrected chi connectivity index (χ1v) is 8.72. The van der Waals surface area contributed by atoms with Gasteiger partial charge in [-0.1, -0.05) is 0 Å². The van der Waals surface area contributed by atoms with Crippen LogP contribution in [0.1, 0.15) is 24.8 Å². The molecule has 0 aliphatic carbocycles. The lowest BCUT2D eigenvalue weighted by atomic mass is 10.0. The molecule has 6 nitrogen and oxygen atoms in total. The number of rotatable bonds is 6. The molecule has 2 heterocycles. The molecule has 0 unspecified atom stereocenters. The largest absolute Gasteiger partial charge is 0.335 e. The van der Waals surface area contributed by atoms with Crippen LogP contribution in [0.5, 0.6) is 0 Å². The van der Waals surface area contributed by atoms with Gasteiger partial charge < -0.3 is 15.5 Å². The molecule has 0 bridgehead atoms. The zero-order valence-electron chi connectivity index (χ0n) is 14.2. The van der Waals surface area contributed by atoms with Crippen molar-refractivity contribution in [2.75, 3.05) is 25.0 Å². The van der Waals surface area contributed by atoms with E-state index in [2.05, 4.69) is 25.7 Å². The predicted molar refractivity (Wildman–Crippen MR) is 94.9 cm³/mol. The second-order valence-corrected chi connectivity index (χ2v) is 6.43. The molecule has 1 saturated heterocycles. The molecule has 0 atom stereocenters. The van der Waals surface area contributed by atoms with Crippen molar-refractivity contribution >= 4 is 11.7 Å². The number of amides is 2. The lowest BCUT2D eigenvalue weighted by molar-refractivity contribution is 0.194. The Morgan fingerprint density at radius 1 is 1.28 bits per heavy atom. The van der Waals surface area contributed by atoms with Crippen LogP contribution in [0.4, 0.5) is 14.9 Å².